The molecule has 1 aliphatic rings. The second-order valence-electron chi connectivity index (χ2n) is 5.76. The number of rotatable bonds is 5. The molecule has 0 N–H and O–H groups in total. The molecule has 0 aliphatic carbocycles. The van der Waals surface area contributed by atoms with Crippen LogP contribution in [0, 0.1) is 0 Å². The average molecular weight is 344 g/mol. The monoisotopic (exact) mass is 344 g/mol. The van der Waals surface area contributed by atoms with Crippen LogP contribution in [-0.4, -0.2) is 39.9 Å². The summed E-state index contributed by atoms with van der Waals surface area (Å²) in [5.41, 5.74) is 1.91. The lowest BCUT2D eigenvalue weighted by atomic mass is 10.1. The van der Waals surface area contributed by atoms with E-state index >= 15 is 0 Å². The zero-order valence-corrected chi connectivity index (χ0v) is 14.6. The molecule has 0 aromatic heterocycles. The molecule has 0 saturated carbocycles. The minimum Gasteiger partial charge on any atom is -0.497 e. The minimum absolute atomic E-state index is 0.294. The van der Waals surface area contributed by atoms with Crippen molar-refractivity contribution >= 4 is 15.9 Å². The van der Waals surface area contributed by atoms with E-state index in [1.165, 1.54) is 5.56 Å². The van der Waals surface area contributed by atoms with Gasteiger partial charge in [0.2, 0.25) is 0 Å². The van der Waals surface area contributed by atoms with E-state index in [1.54, 1.807) is 25.3 Å². The Kier molecular flexibility index (Phi) is 4.57. The van der Waals surface area contributed by atoms with Crippen LogP contribution >= 0.6 is 0 Å². The quantitative estimate of drug-likeness (QED) is 0.837. The molecule has 0 fully saturated rings. The number of hydrogen-bond donors (Lipinski definition) is 0. The van der Waals surface area contributed by atoms with Gasteiger partial charge in [0.15, 0.2) is 0 Å². The Balaban J connectivity index is 1.64. The van der Waals surface area contributed by atoms with Crippen LogP contribution in [0.3, 0.4) is 0 Å². The van der Waals surface area contributed by atoms with Crippen molar-refractivity contribution in [2.75, 3.05) is 20.7 Å². The maximum Gasteiger partial charge on any atom is 0.285 e. The Morgan fingerprint density at radius 1 is 1.08 bits per heavy atom. The first-order chi connectivity index (χ1) is 11.5. The van der Waals surface area contributed by atoms with Gasteiger partial charge in [0.1, 0.15) is 16.5 Å². The summed E-state index contributed by atoms with van der Waals surface area (Å²) in [6.45, 7) is 0.731. The molecule has 24 heavy (non-hydrogen) atoms. The van der Waals surface area contributed by atoms with Crippen LogP contribution in [0.25, 0.3) is 0 Å². The highest BCUT2D eigenvalue weighted by atomic mass is 32.2. The third-order valence-corrected chi connectivity index (χ3v) is 5.42. The van der Waals surface area contributed by atoms with Gasteiger partial charge in [-0.25, -0.2) is 0 Å². The van der Waals surface area contributed by atoms with Gasteiger partial charge in [-0.05, 0) is 42.7 Å². The first-order valence-corrected chi connectivity index (χ1v) is 9.24. The molecular weight excluding hydrogens is 324 g/mol. The first-order valence-electron chi connectivity index (χ1n) is 7.80. The van der Waals surface area contributed by atoms with Crippen molar-refractivity contribution in [3.05, 3.63) is 59.7 Å². The number of amidine groups is 1. The van der Waals surface area contributed by atoms with E-state index in [0.717, 1.165) is 25.1 Å². The fourth-order valence-corrected chi connectivity index (χ4v) is 4.03. The van der Waals surface area contributed by atoms with Gasteiger partial charge in [-0.15, -0.1) is 4.40 Å². The first kappa shape index (κ1) is 16.5. The molecule has 0 amide bonds. The van der Waals surface area contributed by atoms with E-state index < -0.39 is 10.0 Å². The molecule has 0 radical (unpaired) electrons. The number of fused-ring (bicyclic) bond motifs is 1. The molecule has 0 bridgehead atoms. The smallest absolute Gasteiger partial charge is 0.285 e. The Morgan fingerprint density at radius 2 is 1.79 bits per heavy atom. The Morgan fingerprint density at radius 3 is 2.50 bits per heavy atom. The average Bonchev–Trinajstić information content (AvgIpc) is 2.87. The molecule has 0 unspecified atom stereocenters. The van der Waals surface area contributed by atoms with Crippen LogP contribution in [0.5, 0.6) is 5.75 Å². The lowest BCUT2D eigenvalue weighted by Crippen LogP contribution is -2.27. The Labute approximate surface area is 142 Å². The summed E-state index contributed by atoms with van der Waals surface area (Å²) in [6, 6.07) is 15.0. The molecule has 5 nitrogen and oxygen atoms in total. The zero-order chi connectivity index (χ0) is 17.2. The number of aryl methyl sites for hydroxylation is 1. The predicted molar refractivity (Wildman–Crippen MR) is 94.1 cm³/mol. The largest absolute Gasteiger partial charge is 0.497 e. The second kappa shape index (κ2) is 6.65. The van der Waals surface area contributed by atoms with Crippen LogP contribution < -0.4 is 4.74 Å². The summed E-state index contributed by atoms with van der Waals surface area (Å²) in [7, 11) is -0.0219. The molecule has 6 heteroatoms. The highest BCUT2D eigenvalue weighted by Gasteiger charge is 2.30. The summed E-state index contributed by atoms with van der Waals surface area (Å²) in [5.74, 6) is 1.37. The van der Waals surface area contributed by atoms with Gasteiger partial charge in [0.25, 0.3) is 10.0 Å². The van der Waals surface area contributed by atoms with Gasteiger partial charge in [-0.1, -0.05) is 24.3 Å². The maximum atomic E-state index is 12.1. The molecule has 0 saturated heterocycles. The van der Waals surface area contributed by atoms with Crippen molar-refractivity contribution in [2.24, 2.45) is 4.40 Å². The summed E-state index contributed by atoms with van der Waals surface area (Å²) in [4.78, 5) is 2.20. The van der Waals surface area contributed by atoms with Crippen molar-refractivity contribution < 1.29 is 13.2 Å². The number of methoxy groups -OCH3 is 1. The van der Waals surface area contributed by atoms with Crippen molar-refractivity contribution in [1.82, 2.24) is 4.90 Å². The van der Waals surface area contributed by atoms with E-state index in [4.69, 9.17) is 4.74 Å². The van der Waals surface area contributed by atoms with Crippen LogP contribution in [0.15, 0.2) is 57.8 Å². The topological polar surface area (TPSA) is 59.0 Å². The lowest BCUT2D eigenvalue weighted by molar-refractivity contribution is 0.414. The van der Waals surface area contributed by atoms with E-state index in [1.807, 2.05) is 42.3 Å². The van der Waals surface area contributed by atoms with Crippen LogP contribution in [-0.2, 0) is 16.4 Å². The van der Waals surface area contributed by atoms with E-state index in [-0.39, 0.29) is 0 Å². The highest BCUT2D eigenvalue weighted by molar-refractivity contribution is 7.90. The summed E-state index contributed by atoms with van der Waals surface area (Å²) in [5, 5.41) is 0. The number of nitrogens with zero attached hydrogens (tertiary/aromatic N) is 2. The normalized spacial score (nSPS) is 14.8. The SMILES string of the molecule is COc1ccc(CCCN(C)C2=NS(=O)(=O)c3ccccc32)cc1. The zero-order valence-electron chi connectivity index (χ0n) is 13.8. The minimum atomic E-state index is -3.55. The highest BCUT2D eigenvalue weighted by Crippen LogP contribution is 2.27. The van der Waals surface area contributed by atoms with Crippen LogP contribution in [0.4, 0.5) is 0 Å². The maximum absolute atomic E-state index is 12.1. The Bertz CT molecular complexity index is 858. The fraction of sp³-hybridized carbons (Fsp3) is 0.278. The molecule has 2 aromatic rings. The van der Waals surface area contributed by atoms with Gasteiger partial charge >= 0.3 is 0 Å². The second-order valence-corrected chi connectivity index (χ2v) is 7.33. The molecule has 0 spiro atoms. The van der Waals surface area contributed by atoms with Gasteiger partial charge < -0.3 is 9.64 Å². The predicted octanol–water partition coefficient (Wildman–Crippen LogP) is 2.71. The van der Waals surface area contributed by atoms with E-state index in [9.17, 15) is 8.42 Å². The fourth-order valence-electron chi connectivity index (χ4n) is 2.78. The molecule has 3 rings (SSSR count). The van der Waals surface area contributed by atoms with E-state index in [0.29, 0.717) is 16.3 Å². The van der Waals surface area contributed by atoms with Crippen LogP contribution in [0.2, 0.25) is 0 Å². The summed E-state index contributed by atoms with van der Waals surface area (Å²) in [6.07, 6.45) is 1.82. The molecule has 2 aromatic carbocycles. The van der Waals surface area contributed by atoms with Crippen LogP contribution in [0.1, 0.15) is 17.5 Å². The lowest BCUT2D eigenvalue weighted by Gasteiger charge is -2.18. The summed E-state index contributed by atoms with van der Waals surface area (Å²) >= 11 is 0. The number of sulfonamides is 1. The third kappa shape index (κ3) is 3.28. The molecule has 1 aliphatic heterocycles. The van der Waals surface area contributed by atoms with Gasteiger partial charge in [-0.2, -0.15) is 8.42 Å². The van der Waals surface area contributed by atoms with Crippen molar-refractivity contribution in [1.29, 1.82) is 0 Å². The number of hydrogen-bond acceptors (Lipinski definition) is 4. The van der Waals surface area contributed by atoms with Gasteiger partial charge in [0, 0.05) is 19.2 Å². The molecule has 0 atom stereocenters. The van der Waals surface area contributed by atoms with Gasteiger partial charge in [-0.3, -0.25) is 0 Å². The molecule has 126 valence electrons. The van der Waals surface area contributed by atoms with Crippen molar-refractivity contribution in [2.45, 2.75) is 17.7 Å². The summed E-state index contributed by atoms with van der Waals surface area (Å²) < 4.78 is 33.3. The van der Waals surface area contributed by atoms with Crippen molar-refractivity contribution in [3.63, 3.8) is 0 Å². The molecular formula is C18H20N2O3S. The van der Waals surface area contributed by atoms with Crippen molar-refractivity contribution in [3.8, 4) is 5.75 Å². The molecule has 1 heterocycles. The number of ether oxygens (including phenoxy) is 1. The Hall–Kier alpha value is -2.34. The van der Waals surface area contributed by atoms with Gasteiger partial charge in [0.05, 0.1) is 7.11 Å². The third-order valence-electron chi connectivity index (χ3n) is 4.09. The standard InChI is InChI=1S/C18H20N2O3S/c1-20(13-5-6-14-9-11-15(23-2)12-10-14)18-16-7-3-4-8-17(16)24(21,22)19-18/h3-4,7-12H,5-6,13H2,1-2H3. The number of benzene rings is 2. The van der Waals surface area contributed by atoms with E-state index in [2.05, 4.69) is 4.40 Å².